The number of sulfone groups is 1. The van der Waals surface area contributed by atoms with Crippen LogP contribution in [0, 0.1) is 6.92 Å². The maximum Gasteiger partial charge on any atom is 0.349 e. The number of carbonyl (C=O) groups excluding carboxylic acids is 2. The Labute approximate surface area is 169 Å². The van der Waals surface area contributed by atoms with E-state index in [1.54, 1.807) is 7.05 Å². The Bertz CT molecular complexity index is 978. The van der Waals surface area contributed by atoms with Gasteiger partial charge in [0.05, 0.1) is 11.5 Å². The number of likely N-dealkylation sites (N-methyl/N-ethyl adjacent to an activating group) is 1. The summed E-state index contributed by atoms with van der Waals surface area (Å²) in [5.41, 5.74) is 2.80. The Balaban J connectivity index is 1.69. The second-order valence-corrected chi connectivity index (χ2v) is 10.2. The second kappa shape index (κ2) is 8.05. The highest BCUT2D eigenvalue weighted by Gasteiger charge is 2.35. The predicted octanol–water partition coefficient (Wildman–Crippen LogP) is 2.91. The van der Waals surface area contributed by atoms with Gasteiger partial charge >= 0.3 is 5.97 Å². The number of amides is 1. The molecule has 1 amide bonds. The van der Waals surface area contributed by atoms with Crippen LogP contribution in [0.1, 0.15) is 28.6 Å². The summed E-state index contributed by atoms with van der Waals surface area (Å²) in [4.78, 5) is 27.1. The van der Waals surface area contributed by atoms with Crippen LogP contribution in [0.15, 0.2) is 35.7 Å². The van der Waals surface area contributed by atoms with Gasteiger partial charge in [0.15, 0.2) is 15.9 Å². The number of ether oxygens (including phenoxy) is 1. The van der Waals surface area contributed by atoms with Crippen molar-refractivity contribution in [2.24, 2.45) is 0 Å². The molecule has 0 saturated carbocycles. The number of benzene rings is 1. The largest absolute Gasteiger partial charge is 0.448 e. The van der Waals surface area contributed by atoms with E-state index >= 15 is 0 Å². The maximum absolute atomic E-state index is 12.7. The van der Waals surface area contributed by atoms with E-state index in [1.165, 1.54) is 23.2 Å². The average molecular weight is 422 g/mol. The van der Waals surface area contributed by atoms with Gasteiger partial charge in [-0.1, -0.05) is 29.8 Å². The molecule has 0 radical (unpaired) electrons. The summed E-state index contributed by atoms with van der Waals surface area (Å²) in [5.74, 6) is -0.917. The maximum atomic E-state index is 12.7. The Morgan fingerprint density at radius 1 is 1.21 bits per heavy atom. The molecule has 2 aromatic rings. The molecule has 28 heavy (non-hydrogen) atoms. The monoisotopic (exact) mass is 421 g/mol. The van der Waals surface area contributed by atoms with Crippen molar-refractivity contribution >= 4 is 33.1 Å². The fourth-order valence-corrected chi connectivity index (χ4v) is 5.81. The summed E-state index contributed by atoms with van der Waals surface area (Å²) in [6.07, 6.45) is -0.581. The Hall–Kier alpha value is -2.19. The van der Waals surface area contributed by atoms with Crippen LogP contribution < -0.4 is 0 Å². The molecule has 6 nitrogen and oxygen atoms in total. The first-order valence-corrected chi connectivity index (χ1v) is 11.7. The number of esters is 1. The van der Waals surface area contributed by atoms with Gasteiger partial charge in [0, 0.05) is 18.7 Å². The lowest BCUT2D eigenvalue weighted by Gasteiger charge is -2.26. The molecule has 1 aromatic heterocycles. The van der Waals surface area contributed by atoms with E-state index in [2.05, 4.69) is 0 Å². The summed E-state index contributed by atoms with van der Waals surface area (Å²) >= 11 is 1.27. The number of hydrogen-bond donors (Lipinski definition) is 0. The molecule has 1 fully saturated rings. The van der Waals surface area contributed by atoms with Crippen LogP contribution >= 0.6 is 11.3 Å². The summed E-state index contributed by atoms with van der Waals surface area (Å²) in [7, 11) is -1.54. The minimum Gasteiger partial charge on any atom is -0.448 e. The lowest BCUT2D eigenvalue weighted by Crippen LogP contribution is -2.44. The van der Waals surface area contributed by atoms with E-state index in [0.717, 1.165) is 16.7 Å². The van der Waals surface area contributed by atoms with Gasteiger partial charge in [-0.15, -0.1) is 11.3 Å². The minimum absolute atomic E-state index is 0.0433. The van der Waals surface area contributed by atoms with Gasteiger partial charge in [0.2, 0.25) is 0 Å². The number of thiophene rings is 1. The van der Waals surface area contributed by atoms with Gasteiger partial charge in [0.25, 0.3) is 5.91 Å². The first-order chi connectivity index (χ1) is 13.2. The topological polar surface area (TPSA) is 80.8 Å². The number of aryl methyl sites for hydroxylation is 1. The molecule has 1 aliphatic heterocycles. The summed E-state index contributed by atoms with van der Waals surface area (Å²) < 4.78 is 28.7. The molecule has 8 heteroatoms. The molecule has 2 heterocycles. The molecule has 0 aliphatic carbocycles. The molecule has 0 N–H and O–H groups in total. The van der Waals surface area contributed by atoms with Gasteiger partial charge in [-0.05, 0) is 37.3 Å². The van der Waals surface area contributed by atoms with Crippen molar-refractivity contribution < 1.29 is 22.7 Å². The second-order valence-electron chi connectivity index (χ2n) is 7.08. The number of rotatable bonds is 5. The molecule has 0 bridgehead atoms. The highest BCUT2D eigenvalue weighted by Crippen LogP contribution is 2.29. The quantitative estimate of drug-likeness (QED) is 0.694. The molecular weight excluding hydrogens is 398 g/mol. The third kappa shape index (κ3) is 4.44. The Kier molecular flexibility index (Phi) is 5.90. The van der Waals surface area contributed by atoms with Crippen LogP contribution in [-0.2, 0) is 19.4 Å². The zero-order valence-electron chi connectivity index (χ0n) is 16.0. The van der Waals surface area contributed by atoms with Gasteiger partial charge < -0.3 is 9.64 Å². The van der Waals surface area contributed by atoms with Crippen LogP contribution in [0.4, 0.5) is 0 Å². The number of hydrogen-bond acceptors (Lipinski definition) is 6. The Morgan fingerprint density at radius 3 is 2.50 bits per heavy atom. The van der Waals surface area contributed by atoms with Crippen LogP contribution in [-0.4, -0.2) is 55.9 Å². The van der Waals surface area contributed by atoms with Crippen LogP contribution in [0.3, 0.4) is 0 Å². The van der Waals surface area contributed by atoms with Gasteiger partial charge in [-0.25, -0.2) is 13.2 Å². The zero-order valence-corrected chi connectivity index (χ0v) is 17.7. The minimum atomic E-state index is -3.10. The number of carbonyl (C=O) groups is 2. The molecular formula is C20H23NO5S2. The van der Waals surface area contributed by atoms with Crippen molar-refractivity contribution in [3.8, 4) is 11.1 Å². The fraction of sp³-hybridized carbons (Fsp3) is 0.400. The van der Waals surface area contributed by atoms with Crippen LogP contribution in [0.2, 0.25) is 0 Å². The zero-order chi connectivity index (χ0) is 20.5. The van der Waals surface area contributed by atoms with Crippen molar-refractivity contribution in [1.29, 1.82) is 0 Å². The van der Waals surface area contributed by atoms with Crippen molar-refractivity contribution in [1.82, 2.24) is 4.90 Å². The third-order valence-electron chi connectivity index (χ3n) is 4.95. The summed E-state index contributed by atoms with van der Waals surface area (Å²) in [5, 5.41) is 1.81. The molecule has 2 atom stereocenters. The van der Waals surface area contributed by atoms with Crippen molar-refractivity contribution in [2.75, 3.05) is 18.6 Å². The molecule has 3 rings (SSSR count). The number of nitrogens with zero attached hydrogens (tertiary/aromatic N) is 1. The third-order valence-corrected chi connectivity index (χ3v) is 7.59. The molecule has 1 saturated heterocycles. The first kappa shape index (κ1) is 20.5. The molecule has 1 aliphatic rings. The van der Waals surface area contributed by atoms with Gasteiger partial charge in [-0.3, -0.25) is 4.79 Å². The fourth-order valence-electron chi connectivity index (χ4n) is 3.24. The molecule has 0 spiro atoms. The molecule has 150 valence electrons. The van der Waals surface area contributed by atoms with E-state index in [9.17, 15) is 18.0 Å². The highest BCUT2D eigenvalue weighted by atomic mass is 32.2. The van der Waals surface area contributed by atoms with E-state index in [-0.39, 0.29) is 17.5 Å². The summed E-state index contributed by atoms with van der Waals surface area (Å²) in [6, 6.07) is 9.31. The van der Waals surface area contributed by atoms with Crippen LogP contribution in [0.5, 0.6) is 0 Å². The lowest BCUT2D eigenvalue weighted by molar-refractivity contribution is -0.140. The van der Waals surface area contributed by atoms with E-state index < -0.39 is 27.8 Å². The van der Waals surface area contributed by atoms with E-state index in [1.807, 2.05) is 42.6 Å². The first-order valence-electron chi connectivity index (χ1n) is 9.00. The molecule has 0 unspecified atom stereocenters. The standard InChI is InChI=1S/C20H23NO5S2/c1-13-4-6-15(7-5-13)17-8-10-27-18(17)20(23)26-14(2)19(22)21(3)16-9-11-28(24,25)12-16/h4-8,10,14,16H,9,11-12H2,1-3H3/t14-,16+/m0/s1. The van der Waals surface area contributed by atoms with Crippen molar-refractivity contribution in [3.63, 3.8) is 0 Å². The van der Waals surface area contributed by atoms with Gasteiger partial charge in [0.1, 0.15) is 4.88 Å². The summed E-state index contributed by atoms with van der Waals surface area (Å²) in [6.45, 7) is 3.51. The van der Waals surface area contributed by atoms with Crippen LogP contribution in [0.25, 0.3) is 11.1 Å². The van der Waals surface area contributed by atoms with Gasteiger partial charge in [-0.2, -0.15) is 0 Å². The Morgan fingerprint density at radius 2 is 1.89 bits per heavy atom. The van der Waals surface area contributed by atoms with E-state index in [4.69, 9.17) is 4.74 Å². The highest BCUT2D eigenvalue weighted by molar-refractivity contribution is 7.91. The smallest absolute Gasteiger partial charge is 0.349 e. The average Bonchev–Trinajstić information content (AvgIpc) is 3.27. The normalized spacial score (nSPS) is 19.2. The SMILES string of the molecule is Cc1ccc(-c2ccsc2C(=O)O[C@@H](C)C(=O)N(C)[C@@H]2CCS(=O)(=O)C2)cc1. The van der Waals surface area contributed by atoms with E-state index in [0.29, 0.717) is 11.3 Å². The molecule has 1 aromatic carbocycles. The van der Waals surface area contributed by atoms with Crippen molar-refractivity contribution in [2.45, 2.75) is 32.4 Å². The predicted molar refractivity (Wildman–Crippen MR) is 109 cm³/mol. The van der Waals surface area contributed by atoms with Crippen molar-refractivity contribution in [3.05, 3.63) is 46.2 Å². The lowest BCUT2D eigenvalue weighted by atomic mass is 10.1.